The minimum Gasteiger partial charge on any atom is -0.462 e. The van der Waals surface area contributed by atoms with Gasteiger partial charge in [-0.15, -0.1) is 0 Å². The molecule has 0 spiro atoms. The van der Waals surface area contributed by atoms with Gasteiger partial charge in [-0.25, -0.2) is 4.79 Å². The molecule has 0 aliphatic carbocycles. The second-order valence-corrected chi connectivity index (χ2v) is 18.8. The molecular weight excluding hydrogens is 877 g/mol. The molecule has 0 aromatic heterocycles. The Morgan fingerprint density at radius 3 is 1.47 bits per heavy atom. The van der Waals surface area contributed by atoms with Crippen molar-refractivity contribution >= 4 is 11.9 Å². The Morgan fingerprint density at radius 1 is 0.500 bits per heavy atom. The van der Waals surface area contributed by atoms with E-state index in [2.05, 4.69) is 26.0 Å². The number of carbonyl (C=O) groups excluding carboxylic acids is 2. The number of hydrogen-bond donors (Lipinski definition) is 7. The van der Waals surface area contributed by atoms with Gasteiger partial charge in [-0.1, -0.05) is 173 Å². The molecule has 0 amide bonds. The first-order valence-corrected chi connectivity index (χ1v) is 26.6. The fourth-order valence-corrected chi connectivity index (χ4v) is 8.30. The molecule has 68 heavy (non-hydrogen) atoms. The lowest BCUT2D eigenvalue weighted by Gasteiger charge is -2.42. The third-order valence-corrected chi connectivity index (χ3v) is 12.7. The number of rotatable bonds is 41. The Balaban J connectivity index is 1.82. The van der Waals surface area contributed by atoms with Gasteiger partial charge in [0, 0.05) is 12.5 Å². The highest BCUT2D eigenvalue weighted by molar-refractivity contribution is 5.82. The van der Waals surface area contributed by atoms with Crippen LogP contribution in [0, 0.1) is 0 Å². The Kier molecular flexibility index (Phi) is 36.7. The number of aliphatic hydroxyl groups excluding tert-OH is 7. The van der Waals surface area contributed by atoms with Crippen LogP contribution < -0.4 is 0 Å². The maximum atomic E-state index is 12.9. The van der Waals surface area contributed by atoms with E-state index in [1.54, 1.807) is 12.2 Å². The van der Waals surface area contributed by atoms with Crippen molar-refractivity contribution in [2.75, 3.05) is 26.4 Å². The van der Waals surface area contributed by atoms with E-state index in [1.807, 2.05) is 6.08 Å². The minimum atomic E-state index is -1.78. The molecule has 0 saturated carbocycles. The van der Waals surface area contributed by atoms with E-state index in [-0.39, 0.29) is 13.0 Å². The summed E-state index contributed by atoms with van der Waals surface area (Å²) in [7, 11) is 0. The van der Waals surface area contributed by atoms with Gasteiger partial charge in [-0.05, 0) is 44.9 Å². The molecule has 11 atom stereocenters. The molecule has 15 nitrogen and oxygen atoms in total. The average molecular weight is 971 g/mol. The van der Waals surface area contributed by atoms with E-state index in [1.165, 1.54) is 128 Å². The summed E-state index contributed by atoms with van der Waals surface area (Å²) in [4.78, 5) is 25.7. The van der Waals surface area contributed by atoms with Gasteiger partial charge >= 0.3 is 11.9 Å². The fourth-order valence-electron chi connectivity index (χ4n) is 8.30. The number of unbranched alkanes of at least 4 members (excludes halogenated alkanes) is 24. The van der Waals surface area contributed by atoms with E-state index >= 15 is 0 Å². The van der Waals surface area contributed by atoms with Crippen molar-refractivity contribution in [3.8, 4) is 0 Å². The molecule has 2 fully saturated rings. The first kappa shape index (κ1) is 61.8. The number of ether oxygens (including phenoxy) is 6. The lowest BCUT2D eigenvalue weighted by molar-refractivity contribution is -0.332. The van der Waals surface area contributed by atoms with Crippen LogP contribution in [-0.2, 0) is 38.0 Å². The zero-order valence-electron chi connectivity index (χ0n) is 41.8. The smallest absolute Gasteiger partial charge is 0.331 e. The first-order valence-electron chi connectivity index (χ1n) is 26.6. The second-order valence-electron chi connectivity index (χ2n) is 18.8. The van der Waals surface area contributed by atoms with E-state index in [0.29, 0.717) is 6.42 Å². The van der Waals surface area contributed by atoms with Gasteiger partial charge in [-0.2, -0.15) is 0 Å². The van der Waals surface area contributed by atoms with Crippen LogP contribution in [0.1, 0.15) is 194 Å². The summed E-state index contributed by atoms with van der Waals surface area (Å²) >= 11 is 0. The van der Waals surface area contributed by atoms with Gasteiger partial charge in [0.1, 0.15) is 55.4 Å². The first-order chi connectivity index (χ1) is 33.0. The van der Waals surface area contributed by atoms with E-state index in [0.717, 1.165) is 44.9 Å². The zero-order chi connectivity index (χ0) is 49.6. The lowest BCUT2D eigenvalue weighted by atomic mass is 9.98. The number of esters is 2. The van der Waals surface area contributed by atoms with Crippen molar-refractivity contribution in [2.45, 2.75) is 261 Å². The molecule has 4 unspecified atom stereocenters. The predicted octanol–water partition coefficient (Wildman–Crippen LogP) is 7.71. The van der Waals surface area contributed by atoms with Crippen LogP contribution in [0.3, 0.4) is 0 Å². The number of allylic oxidation sites excluding steroid dienone is 5. The highest BCUT2D eigenvalue weighted by atomic mass is 16.7. The van der Waals surface area contributed by atoms with Crippen LogP contribution in [0.15, 0.2) is 36.5 Å². The largest absolute Gasteiger partial charge is 0.462 e. The van der Waals surface area contributed by atoms with Crippen LogP contribution >= 0.6 is 0 Å². The molecule has 15 heteroatoms. The summed E-state index contributed by atoms with van der Waals surface area (Å²) in [6.45, 7) is 2.47. The third-order valence-electron chi connectivity index (χ3n) is 12.7. The molecule has 0 bridgehead atoms. The molecule has 7 N–H and O–H groups in total. The SMILES string of the molecule is CCCCCC/C=C/CCCCCCCCCCCC(=O)OC[C@@H](CO[C@@H]1O[C@H](CO[C@@H]2O[C@H](CO)[C@H](O)C(O)C2O)[C@H](O)C(O)C1O)OC(=O)/C=C/C=C/CCCCCCCCCCCCC. The average Bonchev–Trinajstić information content (AvgIpc) is 3.33. The Hall–Kier alpha value is -2.28. The van der Waals surface area contributed by atoms with Crippen molar-refractivity contribution in [3.63, 3.8) is 0 Å². The van der Waals surface area contributed by atoms with Gasteiger partial charge in [0.05, 0.1) is 19.8 Å². The highest BCUT2D eigenvalue weighted by Gasteiger charge is 2.47. The van der Waals surface area contributed by atoms with E-state index in [4.69, 9.17) is 28.4 Å². The summed E-state index contributed by atoms with van der Waals surface area (Å²) in [6.07, 6.45) is 26.6. The molecule has 2 aliphatic heterocycles. The van der Waals surface area contributed by atoms with Crippen LogP contribution in [0.25, 0.3) is 0 Å². The topological polar surface area (TPSA) is 231 Å². The molecule has 396 valence electrons. The Labute approximate surface area is 408 Å². The minimum absolute atomic E-state index is 0.197. The molecular formula is C53H94O15. The quantitative estimate of drug-likeness (QED) is 0.0102. The van der Waals surface area contributed by atoms with Crippen molar-refractivity contribution in [3.05, 3.63) is 36.5 Å². The maximum Gasteiger partial charge on any atom is 0.331 e. The summed E-state index contributed by atoms with van der Waals surface area (Å²) in [5.41, 5.74) is 0. The Morgan fingerprint density at radius 2 is 0.941 bits per heavy atom. The normalized spacial score (nSPS) is 26.0. The van der Waals surface area contributed by atoms with Crippen LogP contribution in [-0.4, -0.2) is 142 Å². The zero-order valence-corrected chi connectivity index (χ0v) is 41.8. The predicted molar refractivity (Wildman–Crippen MR) is 261 cm³/mol. The molecule has 2 aliphatic rings. The van der Waals surface area contributed by atoms with Crippen molar-refractivity contribution in [1.82, 2.24) is 0 Å². The van der Waals surface area contributed by atoms with Crippen LogP contribution in [0.5, 0.6) is 0 Å². The number of carbonyl (C=O) groups is 2. The summed E-state index contributed by atoms with van der Waals surface area (Å²) in [6, 6.07) is 0. The van der Waals surface area contributed by atoms with Crippen molar-refractivity contribution in [1.29, 1.82) is 0 Å². The standard InChI is InChI=1S/C53H94O15/c1-3-5-7-9-11-13-15-17-19-20-22-23-25-27-29-31-33-35-44(55)63-38-41(66-45(56)36-34-32-30-28-26-24-21-18-16-14-12-10-8-6-4-2)39-64-52-51(62)49(60)47(58)43(68-52)40-65-53-50(61)48(59)46(57)42(37-54)67-53/h13,15,30,32,34,36,41-43,46-54,57-62H,3-12,14,16-29,31,33,35,37-40H2,1-2H3/b15-13+,32-30+,36-34+/t41-,42+,43+,46-,47-,48?,49?,50?,51?,52+,53+/m0/s1. The summed E-state index contributed by atoms with van der Waals surface area (Å²) in [5.74, 6) is -1.18. The summed E-state index contributed by atoms with van der Waals surface area (Å²) in [5, 5.41) is 72.1. The number of aliphatic hydroxyl groups is 7. The fraction of sp³-hybridized carbons (Fsp3) is 0.849. The van der Waals surface area contributed by atoms with Gasteiger partial charge in [0.2, 0.25) is 0 Å². The Bertz CT molecular complexity index is 1330. The molecule has 0 aromatic carbocycles. The lowest BCUT2D eigenvalue weighted by Crippen LogP contribution is -2.61. The molecule has 2 rings (SSSR count). The van der Waals surface area contributed by atoms with Crippen molar-refractivity contribution < 1.29 is 73.8 Å². The van der Waals surface area contributed by atoms with E-state index in [9.17, 15) is 45.3 Å². The van der Waals surface area contributed by atoms with Gasteiger partial charge in [0.15, 0.2) is 18.7 Å². The highest BCUT2D eigenvalue weighted by Crippen LogP contribution is 2.26. The molecule has 2 saturated heterocycles. The van der Waals surface area contributed by atoms with Gasteiger partial charge in [0.25, 0.3) is 0 Å². The third kappa shape index (κ3) is 27.9. The van der Waals surface area contributed by atoms with Crippen LogP contribution in [0.2, 0.25) is 0 Å². The summed E-state index contributed by atoms with van der Waals surface area (Å²) < 4.78 is 33.4. The van der Waals surface area contributed by atoms with Gasteiger partial charge in [-0.3, -0.25) is 4.79 Å². The van der Waals surface area contributed by atoms with E-state index < -0.39 is 99.3 Å². The number of hydrogen-bond acceptors (Lipinski definition) is 15. The maximum absolute atomic E-state index is 12.9. The van der Waals surface area contributed by atoms with Gasteiger partial charge < -0.3 is 64.2 Å². The van der Waals surface area contributed by atoms with Crippen LogP contribution in [0.4, 0.5) is 0 Å². The molecule has 0 aromatic rings. The molecule has 2 heterocycles. The van der Waals surface area contributed by atoms with Crippen molar-refractivity contribution in [2.24, 2.45) is 0 Å². The molecule has 0 radical (unpaired) electrons. The second kappa shape index (κ2) is 40.3. The monoisotopic (exact) mass is 971 g/mol.